The van der Waals surface area contributed by atoms with Crippen LogP contribution in [0, 0.1) is 0 Å². The molecule has 1 aliphatic rings. The molecule has 158 valence electrons. The summed E-state index contributed by atoms with van der Waals surface area (Å²) in [5.74, 6) is 1.47. The molecule has 0 atom stereocenters. The van der Waals surface area contributed by atoms with Gasteiger partial charge in [-0.1, -0.05) is 23.2 Å². The third-order valence-corrected chi connectivity index (χ3v) is 5.37. The highest BCUT2D eigenvalue weighted by atomic mass is 35.5. The molecular weight excluding hydrogens is 413 g/mol. The normalized spacial score (nSPS) is 14.4. The maximum atomic E-state index is 6.04. The number of rotatable bonds is 10. The van der Waals surface area contributed by atoms with Crippen LogP contribution < -0.4 is 20.1 Å². The highest BCUT2D eigenvalue weighted by Gasteiger charge is 2.11. The Morgan fingerprint density at radius 3 is 2.31 bits per heavy atom. The van der Waals surface area contributed by atoms with Gasteiger partial charge in [0.15, 0.2) is 11.5 Å². The molecule has 0 aromatic heterocycles. The van der Waals surface area contributed by atoms with E-state index < -0.39 is 0 Å². The number of morpholine rings is 1. The van der Waals surface area contributed by atoms with Crippen molar-refractivity contribution in [3.8, 4) is 11.5 Å². The summed E-state index contributed by atoms with van der Waals surface area (Å²) in [6.45, 7) is 6.44. The maximum Gasteiger partial charge on any atom is 0.163 e. The molecule has 0 radical (unpaired) electrons. The third-order valence-electron chi connectivity index (χ3n) is 4.64. The van der Waals surface area contributed by atoms with Crippen LogP contribution in [0.15, 0.2) is 36.4 Å². The van der Waals surface area contributed by atoms with E-state index in [1.165, 1.54) is 0 Å². The van der Waals surface area contributed by atoms with Gasteiger partial charge in [0.25, 0.3) is 0 Å². The Balaban J connectivity index is 1.46. The molecule has 0 unspecified atom stereocenters. The van der Waals surface area contributed by atoms with Crippen LogP contribution in [0.4, 0.5) is 11.4 Å². The van der Waals surface area contributed by atoms with E-state index in [0.29, 0.717) is 16.7 Å². The van der Waals surface area contributed by atoms with E-state index in [-0.39, 0.29) is 0 Å². The molecule has 0 spiro atoms. The minimum absolute atomic E-state index is 0.540. The summed E-state index contributed by atoms with van der Waals surface area (Å²) in [7, 11) is 1.65. The van der Waals surface area contributed by atoms with Crippen molar-refractivity contribution < 1.29 is 14.2 Å². The Kier molecular flexibility index (Phi) is 8.55. The molecule has 2 N–H and O–H groups in total. The van der Waals surface area contributed by atoms with E-state index in [9.17, 15) is 0 Å². The van der Waals surface area contributed by atoms with Crippen molar-refractivity contribution in [3.63, 3.8) is 0 Å². The lowest BCUT2D eigenvalue weighted by Crippen LogP contribution is -2.38. The zero-order chi connectivity index (χ0) is 20.5. The molecule has 1 heterocycles. The Bertz CT molecular complexity index is 786. The summed E-state index contributed by atoms with van der Waals surface area (Å²) in [4.78, 5) is 2.34. The number of halogens is 2. The van der Waals surface area contributed by atoms with E-state index in [0.717, 1.165) is 68.8 Å². The number of benzene rings is 2. The zero-order valence-corrected chi connectivity index (χ0v) is 18.1. The molecule has 0 saturated carbocycles. The van der Waals surface area contributed by atoms with Gasteiger partial charge in [0.05, 0.1) is 30.4 Å². The number of hydrogen-bond acceptors (Lipinski definition) is 6. The first-order chi connectivity index (χ1) is 14.2. The molecule has 29 heavy (non-hydrogen) atoms. The fourth-order valence-corrected chi connectivity index (χ4v) is 3.33. The van der Waals surface area contributed by atoms with Crippen LogP contribution in [-0.4, -0.2) is 64.6 Å². The van der Waals surface area contributed by atoms with Crippen molar-refractivity contribution in [3.05, 3.63) is 46.4 Å². The number of ether oxygens (including phenoxy) is 3. The second-order valence-corrected chi connectivity index (χ2v) is 7.46. The lowest BCUT2D eigenvalue weighted by atomic mass is 10.2. The largest absolute Gasteiger partial charge is 0.493 e. The lowest BCUT2D eigenvalue weighted by Gasteiger charge is -2.26. The van der Waals surface area contributed by atoms with E-state index >= 15 is 0 Å². The quantitative estimate of drug-likeness (QED) is 0.540. The Hall–Kier alpha value is -1.86. The first-order valence-electron chi connectivity index (χ1n) is 9.69. The number of methoxy groups -OCH3 is 1. The maximum absolute atomic E-state index is 6.04. The van der Waals surface area contributed by atoms with Gasteiger partial charge in [-0.15, -0.1) is 0 Å². The highest BCUT2D eigenvalue weighted by Crippen LogP contribution is 2.30. The van der Waals surface area contributed by atoms with Gasteiger partial charge in [0.1, 0.15) is 6.61 Å². The minimum Gasteiger partial charge on any atom is -0.493 e. The molecule has 1 saturated heterocycles. The molecule has 2 aromatic rings. The van der Waals surface area contributed by atoms with Crippen LogP contribution in [0.3, 0.4) is 0 Å². The van der Waals surface area contributed by atoms with Gasteiger partial charge in [-0.3, -0.25) is 4.90 Å². The Labute approximate surface area is 182 Å². The van der Waals surface area contributed by atoms with Gasteiger partial charge < -0.3 is 24.8 Å². The average molecular weight is 440 g/mol. The summed E-state index contributed by atoms with van der Waals surface area (Å²) in [6, 6.07) is 11.4. The van der Waals surface area contributed by atoms with E-state index in [4.69, 9.17) is 37.4 Å². The zero-order valence-electron chi connectivity index (χ0n) is 16.5. The molecule has 3 rings (SSSR count). The second-order valence-electron chi connectivity index (χ2n) is 6.65. The first-order valence-corrected chi connectivity index (χ1v) is 10.4. The monoisotopic (exact) mass is 439 g/mol. The van der Waals surface area contributed by atoms with Gasteiger partial charge in [-0.25, -0.2) is 0 Å². The lowest BCUT2D eigenvalue weighted by molar-refractivity contribution is 0.0321. The molecule has 2 aromatic carbocycles. The number of hydrogen-bond donors (Lipinski definition) is 2. The van der Waals surface area contributed by atoms with Crippen molar-refractivity contribution in [1.82, 2.24) is 4.90 Å². The smallest absolute Gasteiger partial charge is 0.163 e. The van der Waals surface area contributed by atoms with Crippen LogP contribution in [0.1, 0.15) is 0 Å². The average Bonchev–Trinajstić information content (AvgIpc) is 2.74. The standard InChI is InChI=1S/C21H27Cl2N3O3/c1-27-20-5-3-17(15-21(20)29-13-10-26-8-11-28-12-9-26)25-7-6-24-16-2-4-18(22)19(23)14-16/h2-5,14-15,24-25H,6-13H2,1H3. The Morgan fingerprint density at radius 1 is 0.931 bits per heavy atom. The molecule has 0 aliphatic carbocycles. The summed E-state index contributed by atoms with van der Waals surface area (Å²) in [5, 5.41) is 7.79. The minimum atomic E-state index is 0.540. The van der Waals surface area contributed by atoms with Gasteiger partial charge in [-0.2, -0.15) is 0 Å². The molecule has 6 nitrogen and oxygen atoms in total. The predicted molar refractivity (Wildman–Crippen MR) is 119 cm³/mol. The van der Waals surface area contributed by atoms with Crippen molar-refractivity contribution in [1.29, 1.82) is 0 Å². The van der Waals surface area contributed by atoms with Crippen LogP contribution in [-0.2, 0) is 4.74 Å². The van der Waals surface area contributed by atoms with Gasteiger partial charge in [0.2, 0.25) is 0 Å². The van der Waals surface area contributed by atoms with Crippen LogP contribution in [0.25, 0.3) is 0 Å². The number of nitrogens with zero attached hydrogens (tertiary/aromatic N) is 1. The van der Waals surface area contributed by atoms with Gasteiger partial charge in [0, 0.05) is 50.2 Å². The van der Waals surface area contributed by atoms with E-state index in [1.807, 2.05) is 30.3 Å². The summed E-state index contributed by atoms with van der Waals surface area (Å²) in [6.07, 6.45) is 0. The topological polar surface area (TPSA) is 55.0 Å². The molecule has 8 heteroatoms. The summed E-state index contributed by atoms with van der Waals surface area (Å²) in [5.41, 5.74) is 1.91. The van der Waals surface area contributed by atoms with Crippen molar-refractivity contribution in [2.75, 3.05) is 70.3 Å². The molecule has 1 aliphatic heterocycles. The second kappa shape index (κ2) is 11.4. The molecular formula is C21H27Cl2N3O3. The highest BCUT2D eigenvalue weighted by molar-refractivity contribution is 6.42. The van der Waals surface area contributed by atoms with Crippen molar-refractivity contribution in [2.24, 2.45) is 0 Å². The molecule has 0 amide bonds. The van der Waals surface area contributed by atoms with Crippen LogP contribution in [0.5, 0.6) is 11.5 Å². The third kappa shape index (κ3) is 6.85. The van der Waals surface area contributed by atoms with E-state index in [1.54, 1.807) is 13.2 Å². The first kappa shape index (κ1) is 21.8. The molecule has 0 bridgehead atoms. The number of anilines is 2. The van der Waals surface area contributed by atoms with Crippen molar-refractivity contribution in [2.45, 2.75) is 0 Å². The fourth-order valence-electron chi connectivity index (χ4n) is 3.03. The van der Waals surface area contributed by atoms with Crippen molar-refractivity contribution >= 4 is 34.6 Å². The summed E-state index contributed by atoms with van der Waals surface area (Å²) >= 11 is 12.0. The predicted octanol–water partition coefficient (Wildman–Crippen LogP) is 4.24. The number of nitrogens with one attached hydrogen (secondary N) is 2. The van der Waals surface area contributed by atoms with Gasteiger partial charge >= 0.3 is 0 Å². The van der Waals surface area contributed by atoms with Gasteiger partial charge in [-0.05, 0) is 30.3 Å². The Morgan fingerprint density at radius 2 is 1.62 bits per heavy atom. The summed E-state index contributed by atoms with van der Waals surface area (Å²) < 4.78 is 16.8. The fraction of sp³-hybridized carbons (Fsp3) is 0.429. The SMILES string of the molecule is COc1ccc(NCCNc2ccc(Cl)c(Cl)c2)cc1OCCN1CCOCC1. The van der Waals surface area contributed by atoms with Crippen LogP contribution in [0.2, 0.25) is 10.0 Å². The van der Waals surface area contributed by atoms with Crippen LogP contribution >= 0.6 is 23.2 Å². The molecule has 1 fully saturated rings. The van der Waals surface area contributed by atoms with E-state index in [2.05, 4.69) is 15.5 Å².